The number of benzene rings is 1. The fraction of sp³-hybridized carbons (Fsp3) is 0.467. The molecule has 0 unspecified atom stereocenters. The van der Waals surface area contributed by atoms with Crippen molar-refractivity contribution in [1.29, 1.82) is 0 Å². The van der Waals surface area contributed by atoms with Gasteiger partial charge in [0.1, 0.15) is 0 Å². The molecule has 0 spiro atoms. The highest BCUT2D eigenvalue weighted by Crippen LogP contribution is 2.07. The normalized spacial score (nSPS) is 10.3. The van der Waals surface area contributed by atoms with Crippen molar-refractivity contribution >= 4 is 17.6 Å². The molecular formula is C15H22N2O3. The number of carbonyl (C=O) groups excluding carboxylic acids is 1. The van der Waals surface area contributed by atoms with Crippen LogP contribution in [0.1, 0.15) is 26.7 Å². The van der Waals surface area contributed by atoms with Gasteiger partial charge in [0.25, 0.3) is 0 Å². The summed E-state index contributed by atoms with van der Waals surface area (Å²) in [6.07, 6.45) is 0.563. The Morgan fingerprint density at radius 3 is 2.45 bits per heavy atom. The van der Waals surface area contributed by atoms with Crippen molar-refractivity contribution in [2.45, 2.75) is 32.7 Å². The van der Waals surface area contributed by atoms with Crippen LogP contribution in [-0.2, 0) is 9.59 Å². The number of nitrogens with zero attached hydrogens (tertiary/aromatic N) is 1. The van der Waals surface area contributed by atoms with Crippen molar-refractivity contribution in [3.05, 3.63) is 30.3 Å². The molecule has 5 heteroatoms. The summed E-state index contributed by atoms with van der Waals surface area (Å²) < 4.78 is 0. The van der Waals surface area contributed by atoms with Crippen LogP contribution in [0.3, 0.4) is 0 Å². The van der Waals surface area contributed by atoms with Crippen molar-refractivity contribution < 1.29 is 14.7 Å². The van der Waals surface area contributed by atoms with E-state index in [1.807, 2.05) is 44.2 Å². The lowest BCUT2D eigenvalue weighted by molar-refractivity contribution is -0.138. The smallest absolute Gasteiger partial charge is 0.303 e. The summed E-state index contributed by atoms with van der Waals surface area (Å²) in [4.78, 5) is 24.4. The molecule has 0 radical (unpaired) electrons. The Bertz CT molecular complexity index is 432. The fourth-order valence-electron chi connectivity index (χ4n) is 1.91. The molecule has 0 heterocycles. The molecular weight excluding hydrogens is 256 g/mol. The zero-order valence-electron chi connectivity index (χ0n) is 12.0. The van der Waals surface area contributed by atoms with E-state index in [4.69, 9.17) is 5.11 Å². The zero-order valence-corrected chi connectivity index (χ0v) is 12.0. The number of hydrogen-bond donors (Lipinski definition) is 2. The summed E-state index contributed by atoms with van der Waals surface area (Å²) in [5, 5.41) is 11.7. The molecule has 0 aliphatic heterocycles. The third kappa shape index (κ3) is 5.73. The predicted octanol–water partition coefficient (Wildman–Crippen LogP) is 2.20. The van der Waals surface area contributed by atoms with E-state index in [0.29, 0.717) is 13.0 Å². The number of carboxylic acids is 1. The monoisotopic (exact) mass is 278 g/mol. The van der Waals surface area contributed by atoms with E-state index in [-0.39, 0.29) is 24.9 Å². The largest absolute Gasteiger partial charge is 0.481 e. The maximum atomic E-state index is 12.1. The van der Waals surface area contributed by atoms with E-state index in [2.05, 4.69) is 5.32 Å². The number of carbonyl (C=O) groups is 2. The second-order valence-electron chi connectivity index (χ2n) is 4.90. The van der Waals surface area contributed by atoms with Crippen LogP contribution >= 0.6 is 0 Å². The first-order chi connectivity index (χ1) is 9.50. The van der Waals surface area contributed by atoms with E-state index >= 15 is 0 Å². The van der Waals surface area contributed by atoms with E-state index < -0.39 is 5.97 Å². The van der Waals surface area contributed by atoms with Crippen molar-refractivity contribution in [2.24, 2.45) is 0 Å². The number of rotatable bonds is 8. The standard InChI is InChI=1S/C15H22N2O3/c1-12(2)17(10-6-9-15(19)20)14(18)11-16-13-7-4-3-5-8-13/h3-5,7-8,12,16H,6,9-11H2,1-2H3,(H,19,20). The number of carboxylic acid groups (broad SMARTS) is 1. The second-order valence-corrected chi connectivity index (χ2v) is 4.90. The first-order valence-electron chi connectivity index (χ1n) is 6.81. The zero-order chi connectivity index (χ0) is 15.0. The molecule has 20 heavy (non-hydrogen) atoms. The van der Waals surface area contributed by atoms with Gasteiger partial charge in [-0.05, 0) is 32.4 Å². The van der Waals surface area contributed by atoms with Crippen LogP contribution in [0.15, 0.2) is 30.3 Å². The van der Waals surface area contributed by atoms with Crippen LogP contribution < -0.4 is 5.32 Å². The topological polar surface area (TPSA) is 69.6 Å². The molecule has 0 aliphatic rings. The summed E-state index contributed by atoms with van der Waals surface area (Å²) in [6, 6.07) is 9.59. The van der Waals surface area contributed by atoms with Gasteiger partial charge in [-0.15, -0.1) is 0 Å². The Morgan fingerprint density at radius 2 is 1.90 bits per heavy atom. The minimum atomic E-state index is -0.830. The van der Waals surface area contributed by atoms with Gasteiger partial charge in [-0.1, -0.05) is 18.2 Å². The lowest BCUT2D eigenvalue weighted by Gasteiger charge is -2.27. The number of anilines is 1. The molecule has 1 amide bonds. The summed E-state index contributed by atoms with van der Waals surface area (Å²) in [5.41, 5.74) is 0.898. The number of aliphatic carboxylic acids is 1. The number of nitrogens with one attached hydrogen (secondary N) is 1. The second kappa shape index (κ2) is 8.19. The highest BCUT2D eigenvalue weighted by molar-refractivity contribution is 5.81. The molecule has 0 aliphatic carbocycles. The highest BCUT2D eigenvalue weighted by Gasteiger charge is 2.16. The first kappa shape index (κ1) is 16.0. The third-order valence-electron chi connectivity index (χ3n) is 2.95. The first-order valence-corrected chi connectivity index (χ1v) is 6.81. The van der Waals surface area contributed by atoms with Crippen molar-refractivity contribution in [2.75, 3.05) is 18.4 Å². The van der Waals surface area contributed by atoms with Gasteiger partial charge in [-0.3, -0.25) is 9.59 Å². The molecule has 5 nitrogen and oxygen atoms in total. The maximum absolute atomic E-state index is 12.1. The average molecular weight is 278 g/mol. The number of hydrogen-bond acceptors (Lipinski definition) is 3. The number of amides is 1. The molecule has 1 aromatic rings. The molecule has 0 aromatic heterocycles. The molecule has 0 saturated carbocycles. The van der Waals surface area contributed by atoms with E-state index in [0.717, 1.165) is 5.69 Å². The lowest BCUT2D eigenvalue weighted by Crippen LogP contribution is -2.41. The quantitative estimate of drug-likeness (QED) is 0.765. The van der Waals surface area contributed by atoms with Crippen molar-refractivity contribution in [3.8, 4) is 0 Å². The molecule has 110 valence electrons. The van der Waals surface area contributed by atoms with Gasteiger partial charge in [0, 0.05) is 24.7 Å². The Hall–Kier alpha value is -2.04. The maximum Gasteiger partial charge on any atom is 0.303 e. The summed E-state index contributed by atoms with van der Waals surface area (Å²) >= 11 is 0. The van der Waals surface area contributed by atoms with E-state index in [1.54, 1.807) is 4.90 Å². The van der Waals surface area contributed by atoms with Crippen LogP contribution in [0.2, 0.25) is 0 Å². The van der Waals surface area contributed by atoms with Gasteiger partial charge in [0.05, 0.1) is 6.54 Å². The molecule has 0 fully saturated rings. The highest BCUT2D eigenvalue weighted by atomic mass is 16.4. The van der Waals surface area contributed by atoms with Crippen molar-refractivity contribution in [3.63, 3.8) is 0 Å². The molecule has 1 rings (SSSR count). The lowest BCUT2D eigenvalue weighted by atomic mass is 10.2. The van der Waals surface area contributed by atoms with Crippen LogP contribution in [0.25, 0.3) is 0 Å². The van der Waals surface area contributed by atoms with Gasteiger partial charge >= 0.3 is 5.97 Å². The Kier molecular flexibility index (Phi) is 6.56. The Labute approximate surface area is 119 Å². The molecule has 0 saturated heterocycles. The molecule has 0 bridgehead atoms. The molecule has 2 N–H and O–H groups in total. The van der Waals surface area contributed by atoms with E-state index in [9.17, 15) is 9.59 Å². The Balaban J connectivity index is 2.45. The van der Waals surface area contributed by atoms with Gasteiger partial charge in [0.15, 0.2) is 0 Å². The van der Waals surface area contributed by atoms with Crippen LogP contribution in [0.5, 0.6) is 0 Å². The van der Waals surface area contributed by atoms with Crippen LogP contribution in [0, 0.1) is 0 Å². The third-order valence-corrected chi connectivity index (χ3v) is 2.95. The SMILES string of the molecule is CC(C)N(CCCC(=O)O)C(=O)CNc1ccccc1. The minimum Gasteiger partial charge on any atom is -0.481 e. The summed E-state index contributed by atoms with van der Waals surface area (Å²) in [5.74, 6) is -0.849. The van der Waals surface area contributed by atoms with Crippen LogP contribution in [0.4, 0.5) is 5.69 Å². The van der Waals surface area contributed by atoms with Gasteiger partial charge in [-0.25, -0.2) is 0 Å². The predicted molar refractivity (Wildman–Crippen MR) is 78.7 cm³/mol. The van der Waals surface area contributed by atoms with Gasteiger partial charge in [0.2, 0.25) is 5.91 Å². The average Bonchev–Trinajstić information content (AvgIpc) is 2.41. The number of para-hydroxylation sites is 1. The minimum absolute atomic E-state index is 0.0192. The Morgan fingerprint density at radius 1 is 1.25 bits per heavy atom. The summed E-state index contributed by atoms with van der Waals surface area (Å²) in [6.45, 7) is 4.55. The van der Waals surface area contributed by atoms with Crippen molar-refractivity contribution in [1.82, 2.24) is 4.90 Å². The molecule has 0 atom stereocenters. The molecule has 1 aromatic carbocycles. The summed E-state index contributed by atoms with van der Waals surface area (Å²) in [7, 11) is 0. The van der Waals surface area contributed by atoms with Crippen LogP contribution in [-0.4, -0.2) is 41.0 Å². The van der Waals surface area contributed by atoms with Gasteiger partial charge in [-0.2, -0.15) is 0 Å². The van der Waals surface area contributed by atoms with Gasteiger partial charge < -0.3 is 15.3 Å². The fourth-order valence-corrected chi connectivity index (χ4v) is 1.91. The van der Waals surface area contributed by atoms with E-state index in [1.165, 1.54) is 0 Å².